The predicted molar refractivity (Wildman–Crippen MR) is 127 cm³/mol. The number of nitrogens with zero attached hydrogens (tertiary/aromatic N) is 3. The molecule has 0 aromatic heterocycles. The summed E-state index contributed by atoms with van der Waals surface area (Å²) in [6, 6.07) is 14.7. The minimum absolute atomic E-state index is 0.160. The molecule has 34 heavy (non-hydrogen) atoms. The molecule has 0 aliphatic carbocycles. The van der Waals surface area contributed by atoms with E-state index >= 15 is 0 Å². The van der Waals surface area contributed by atoms with E-state index in [2.05, 4.69) is 26.5 Å². The van der Waals surface area contributed by atoms with E-state index in [0.717, 1.165) is 18.2 Å². The number of hydrazone groups is 1. The number of nitro benzene ring substituents is 2. The zero-order chi connectivity index (χ0) is 24.7. The van der Waals surface area contributed by atoms with Gasteiger partial charge in [-0.1, -0.05) is 12.1 Å². The Morgan fingerprint density at radius 2 is 1.76 bits per heavy atom. The number of carbonyl (C=O) groups is 1. The molecule has 12 heteroatoms. The second kappa shape index (κ2) is 11.0. The zero-order valence-corrected chi connectivity index (χ0v) is 19.2. The number of rotatable bonds is 9. The van der Waals surface area contributed by atoms with Crippen molar-refractivity contribution in [3.05, 3.63) is 96.5 Å². The first-order valence-electron chi connectivity index (χ1n) is 9.75. The molecule has 0 radical (unpaired) electrons. The summed E-state index contributed by atoms with van der Waals surface area (Å²) in [5.74, 6) is -0.165. The molecule has 0 heterocycles. The van der Waals surface area contributed by atoms with Crippen LogP contribution in [0.15, 0.2) is 70.2 Å². The highest BCUT2D eigenvalue weighted by Crippen LogP contribution is 2.38. The van der Waals surface area contributed by atoms with Crippen molar-refractivity contribution in [1.82, 2.24) is 5.43 Å². The fourth-order valence-electron chi connectivity index (χ4n) is 2.80. The summed E-state index contributed by atoms with van der Waals surface area (Å²) < 4.78 is 11.8. The lowest BCUT2D eigenvalue weighted by Crippen LogP contribution is -2.18. The molecule has 3 aromatic carbocycles. The van der Waals surface area contributed by atoms with Gasteiger partial charge in [-0.3, -0.25) is 25.0 Å². The number of nitrogens with one attached hydrogen (secondary N) is 1. The summed E-state index contributed by atoms with van der Waals surface area (Å²) in [7, 11) is 0. The highest BCUT2D eigenvalue weighted by atomic mass is 79.9. The van der Waals surface area contributed by atoms with Gasteiger partial charge in [0, 0.05) is 10.5 Å². The van der Waals surface area contributed by atoms with Gasteiger partial charge in [0.2, 0.25) is 5.75 Å². The number of carbonyl (C=O) groups excluding carboxylic acids is 1. The van der Waals surface area contributed by atoms with Crippen molar-refractivity contribution >= 4 is 39.4 Å². The predicted octanol–water partition coefficient (Wildman–Crippen LogP) is 5.22. The van der Waals surface area contributed by atoms with E-state index in [-0.39, 0.29) is 23.9 Å². The lowest BCUT2D eigenvalue weighted by molar-refractivity contribution is -0.394. The van der Waals surface area contributed by atoms with E-state index in [1.165, 1.54) is 12.3 Å². The lowest BCUT2D eigenvalue weighted by atomic mass is 10.2. The van der Waals surface area contributed by atoms with Crippen LogP contribution in [0.1, 0.15) is 22.8 Å². The Morgan fingerprint density at radius 3 is 2.44 bits per heavy atom. The molecule has 1 amide bonds. The first kappa shape index (κ1) is 24.3. The summed E-state index contributed by atoms with van der Waals surface area (Å²) in [4.78, 5) is 33.0. The first-order chi connectivity index (χ1) is 16.3. The molecule has 0 saturated carbocycles. The smallest absolute Gasteiger partial charge is 0.318 e. The summed E-state index contributed by atoms with van der Waals surface area (Å²) in [5.41, 5.74) is 2.41. The van der Waals surface area contributed by atoms with Crippen molar-refractivity contribution in [2.24, 2.45) is 5.10 Å². The van der Waals surface area contributed by atoms with Gasteiger partial charge in [-0.15, -0.1) is 0 Å². The fraction of sp³-hybridized carbons (Fsp3) is 0.0909. The number of amides is 1. The maximum atomic E-state index is 12.2. The number of hydrogen-bond donors (Lipinski definition) is 1. The van der Waals surface area contributed by atoms with Gasteiger partial charge in [0.05, 0.1) is 34.3 Å². The van der Waals surface area contributed by atoms with E-state index in [4.69, 9.17) is 9.47 Å². The summed E-state index contributed by atoms with van der Waals surface area (Å²) in [6.07, 6.45) is 1.40. The molecule has 0 aliphatic heterocycles. The van der Waals surface area contributed by atoms with Gasteiger partial charge in [-0.05, 0) is 64.8 Å². The molecular weight excluding hydrogens is 512 g/mol. The first-order valence-corrected chi connectivity index (χ1v) is 10.5. The maximum absolute atomic E-state index is 12.2. The van der Waals surface area contributed by atoms with E-state index in [1.54, 1.807) is 43.3 Å². The molecule has 174 valence electrons. The van der Waals surface area contributed by atoms with Crippen LogP contribution in [0.3, 0.4) is 0 Å². The van der Waals surface area contributed by atoms with E-state index in [9.17, 15) is 25.0 Å². The average Bonchev–Trinajstić information content (AvgIpc) is 2.81. The van der Waals surface area contributed by atoms with Gasteiger partial charge in [-0.25, -0.2) is 5.43 Å². The van der Waals surface area contributed by atoms with Crippen molar-refractivity contribution in [1.29, 1.82) is 0 Å². The second-order valence-electron chi connectivity index (χ2n) is 6.59. The molecule has 0 atom stereocenters. The van der Waals surface area contributed by atoms with Gasteiger partial charge in [0.15, 0.2) is 11.5 Å². The molecule has 0 spiro atoms. The standard InChI is InChI=1S/C22H17BrN4O7/c1-2-33-21-11-14(13-24-25-22(28)16-5-3-4-6-17(16)23)7-9-20(21)34-19-10-8-15(26(29)30)12-18(19)27(31)32/h3-13H,2H2,1H3,(H,25,28)/b24-13-. The monoisotopic (exact) mass is 528 g/mol. The molecule has 3 aromatic rings. The Balaban J connectivity index is 1.81. The van der Waals surface area contributed by atoms with Crippen LogP contribution in [0, 0.1) is 20.2 Å². The van der Waals surface area contributed by atoms with E-state index in [1.807, 2.05) is 0 Å². The van der Waals surface area contributed by atoms with Crippen LogP contribution in [0.25, 0.3) is 0 Å². The van der Waals surface area contributed by atoms with Crippen molar-refractivity contribution in [2.75, 3.05) is 6.61 Å². The molecule has 0 unspecified atom stereocenters. The van der Waals surface area contributed by atoms with Crippen LogP contribution in [0.5, 0.6) is 17.2 Å². The molecule has 3 rings (SSSR count). The van der Waals surface area contributed by atoms with E-state index in [0.29, 0.717) is 15.6 Å². The molecule has 0 bridgehead atoms. The Kier molecular flexibility index (Phi) is 7.88. The SMILES string of the molecule is CCOc1cc(/C=N\NC(=O)c2ccccc2Br)ccc1Oc1ccc([N+](=O)[O-])cc1[N+](=O)[O-]. The Bertz CT molecular complexity index is 1280. The molecule has 11 nitrogen and oxygen atoms in total. The summed E-state index contributed by atoms with van der Waals surface area (Å²) in [5, 5.41) is 26.2. The van der Waals surface area contributed by atoms with Crippen LogP contribution >= 0.6 is 15.9 Å². The number of halogens is 1. The average molecular weight is 529 g/mol. The summed E-state index contributed by atoms with van der Waals surface area (Å²) in [6.45, 7) is 2.02. The summed E-state index contributed by atoms with van der Waals surface area (Å²) >= 11 is 3.30. The molecule has 0 fully saturated rings. The van der Waals surface area contributed by atoms with Crippen molar-refractivity contribution in [2.45, 2.75) is 6.92 Å². The molecule has 0 aliphatic rings. The number of non-ortho nitro benzene ring substituents is 1. The van der Waals surface area contributed by atoms with Crippen LogP contribution in [-0.2, 0) is 0 Å². The van der Waals surface area contributed by atoms with E-state index < -0.39 is 27.1 Å². The van der Waals surface area contributed by atoms with Crippen molar-refractivity contribution < 1.29 is 24.1 Å². The third-order valence-corrected chi connectivity index (χ3v) is 5.03. The van der Waals surface area contributed by atoms with Crippen LogP contribution < -0.4 is 14.9 Å². The van der Waals surface area contributed by atoms with Gasteiger partial charge in [0.25, 0.3) is 11.6 Å². The largest absolute Gasteiger partial charge is 0.490 e. The Morgan fingerprint density at radius 1 is 1.03 bits per heavy atom. The van der Waals surface area contributed by atoms with Crippen LogP contribution in [0.2, 0.25) is 0 Å². The Hall–Kier alpha value is -4.32. The molecular formula is C22H17BrN4O7. The fourth-order valence-corrected chi connectivity index (χ4v) is 3.26. The van der Waals surface area contributed by atoms with Crippen molar-refractivity contribution in [3.63, 3.8) is 0 Å². The van der Waals surface area contributed by atoms with Crippen LogP contribution in [-0.4, -0.2) is 28.6 Å². The second-order valence-corrected chi connectivity index (χ2v) is 7.44. The topological polar surface area (TPSA) is 146 Å². The third kappa shape index (κ3) is 5.92. The van der Waals surface area contributed by atoms with Crippen LogP contribution in [0.4, 0.5) is 11.4 Å². The third-order valence-electron chi connectivity index (χ3n) is 4.34. The van der Waals surface area contributed by atoms with Crippen molar-refractivity contribution in [3.8, 4) is 17.2 Å². The van der Waals surface area contributed by atoms with Gasteiger partial charge < -0.3 is 9.47 Å². The Labute approximate surface area is 201 Å². The van der Waals surface area contributed by atoms with Gasteiger partial charge in [0.1, 0.15) is 0 Å². The number of benzene rings is 3. The quantitative estimate of drug-likeness (QED) is 0.227. The minimum atomic E-state index is -0.766. The van der Waals surface area contributed by atoms with Gasteiger partial charge in [-0.2, -0.15) is 5.10 Å². The highest BCUT2D eigenvalue weighted by Gasteiger charge is 2.22. The number of ether oxygens (including phenoxy) is 2. The number of hydrogen-bond acceptors (Lipinski definition) is 8. The van der Waals surface area contributed by atoms with Gasteiger partial charge >= 0.3 is 5.69 Å². The maximum Gasteiger partial charge on any atom is 0.318 e. The number of nitro groups is 2. The minimum Gasteiger partial charge on any atom is -0.490 e. The normalized spacial score (nSPS) is 10.6. The molecule has 0 saturated heterocycles. The lowest BCUT2D eigenvalue weighted by Gasteiger charge is -2.12. The highest BCUT2D eigenvalue weighted by molar-refractivity contribution is 9.10. The molecule has 1 N–H and O–H groups in total. The zero-order valence-electron chi connectivity index (χ0n) is 17.6.